The number of alkyl halides is 3. The van der Waals surface area contributed by atoms with Gasteiger partial charge >= 0.3 is 11.9 Å². The van der Waals surface area contributed by atoms with Gasteiger partial charge in [0.1, 0.15) is 4.90 Å². The van der Waals surface area contributed by atoms with Gasteiger partial charge in [-0.05, 0) is 12.1 Å². The van der Waals surface area contributed by atoms with Crippen LogP contribution in [-0.4, -0.2) is 23.6 Å². The first-order chi connectivity index (χ1) is 11.4. The monoisotopic (exact) mass is 397 g/mol. The molecule has 0 saturated heterocycles. The largest absolute Gasteiger partial charge is 0.504 e. The maximum Gasteiger partial charge on any atom is 0.417 e. The molecule has 25 heavy (non-hydrogen) atoms. The van der Waals surface area contributed by atoms with E-state index in [1.165, 1.54) is 0 Å². The lowest BCUT2D eigenvalue weighted by Gasteiger charge is -2.15. The zero-order valence-electron chi connectivity index (χ0n) is 11.8. The summed E-state index contributed by atoms with van der Waals surface area (Å²) in [4.78, 5) is 7.26. The molecule has 0 aliphatic carbocycles. The summed E-state index contributed by atoms with van der Waals surface area (Å²) in [6.07, 6.45) is -5.07. The fraction of sp³-hybridized carbons (Fsp3) is 0.0769. The number of benzene rings is 2. The third-order valence-electron chi connectivity index (χ3n) is 3.09. The summed E-state index contributed by atoms with van der Waals surface area (Å²) >= 11 is 5.62. The SMILES string of the molecule is O=[N+]([O-])c1cc(S(=O)(=O)c2c(Cl)cccc2C(F)(F)F)cc(O)c1O. The van der Waals surface area contributed by atoms with Crippen molar-refractivity contribution >= 4 is 27.1 Å². The normalized spacial score (nSPS) is 12.2. The predicted molar refractivity (Wildman–Crippen MR) is 78.3 cm³/mol. The maximum atomic E-state index is 13.1. The van der Waals surface area contributed by atoms with Gasteiger partial charge in [0.15, 0.2) is 5.75 Å². The number of rotatable bonds is 3. The number of hydrogen-bond acceptors (Lipinski definition) is 6. The van der Waals surface area contributed by atoms with Crippen molar-refractivity contribution in [3.63, 3.8) is 0 Å². The van der Waals surface area contributed by atoms with Crippen LogP contribution in [0.4, 0.5) is 18.9 Å². The van der Waals surface area contributed by atoms with E-state index in [0.717, 1.165) is 12.1 Å². The zero-order valence-corrected chi connectivity index (χ0v) is 13.4. The van der Waals surface area contributed by atoms with Crippen LogP contribution >= 0.6 is 11.6 Å². The Bertz CT molecular complexity index is 974. The van der Waals surface area contributed by atoms with Crippen LogP contribution in [0.15, 0.2) is 40.1 Å². The molecule has 2 aromatic carbocycles. The Kier molecular flexibility index (Phi) is 4.57. The minimum Gasteiger partial charge on any atom is -0.504 e. The molecule has 2 aromatic rings. The van der Waals surface area contributed by atoms with Crippen molar-refractivity contribution in [1.29, 1.82) is 0 Å². The molecule has 12 heteroatoms. The molecule has 2 N–H and O–H groups in total. The lowest BCUT2D eigenvalue weighted by molar-refractivity contribution is -0.386. The molecule has 7 nitrogen and oxygen atoms in total. The molecule has 0 bridgehead atoms. The van der Waals surface area contributed by atoms with Crippen LogP contribution in [0.5, 0.6) is 11.5 Å². The number of aromatic hydroxyl groups is 2. The third kappa shape index (κ3) is 3.33. The minimum absolute atomic E-state index is 0.327. The lowest BCUT2D eigenvalue weighted by atomic mass is 10.2. The average molecular weight is 398 g/mol. The van der Waals surface area contributed by atoms with Crippen LogP contribution in [0.1, 0.15) is 5.56 Å². The van der Waals surface area contributed by atoms with Gasteiger partial charge in [0.05, 0.1) is 20.4 Å². The third-order valence-corrected chi connectivity index (χ3v) is 5.35. The van der Waals surface area contributed by atoms with E-state index in [4.69, 9.17) is 11.6 Å². The van der Waals surface area contributed by atoms with Gasteiger partial charge < -0.3 is 10.2 Å². The number of hydrogen-bond donors (Lipinski definition) is 2. The molecule has 0 fully saturated rings. The van der Waals surface area contributed by atoms with E-state index >= 15 is 0 Å². The molecule has 0 unspecified atom stereocenters. The van der Waals surface area contributed by atoms with E-state index in [2.05, 4.69) is 0 Å². The topological polar surface area (TPSA) is 118 Å². The van der Waals surface area contributed by atoms with Gasteiger partial charge in [-0.1, -0.05) is 17.7 Å². The molecule has 0 amide bonds. The Morgan fingerprint density at radius 1 is 1.16 bits per heavy atom. The summed E-state index contributed by atoms with van der Waals surface area (Å²) in [6, 6.07) is 2.99. The van der Waals surface area contributed by atoms with Gasteiger partial charge in [-0.2, -0.15) is 13.2 Å². The smallest absolute Gasteiger partial charge is 0.417 e. The van der Waals surface area contributed by atoms with Crippen molar-refractivity contribution in [2.45, 2.75) is 16.0 Å². The van der Waals surface area contributed by atoms with Crippen LogP contribution in [0.25, 0.3) is 0 Å². The number of nitro groups is 1. The van der Waals surface area contributed by atoms with Crippen LogP contribution < -0.4 is 0 Å². The Hall–Kier alpha value is -2.53. The Labute approximate surface area is 143 Å². The highest BCUT2D eigenvalue weighted by molar-refractivity contribution is 7.91. The number of nitro benzene ring substituents is 1. The van der Waals surface area contributed by atoms with Crippen LogP contribution in [0.3, 0.4) is 0 Å². The zero-order chi connectivity index (χ0) is 19.2. The number of phenols is 2. The Morgan fingerprint density at radius 3 is 2.28 bits per heavy atom. The summed E-state index contributed by atoms with van der Waals surface area (Å²) in [5.41, 5.74) is -2.77. The van der Waals surface area contributed by atoms with Crippen molar-refractivity contribution in [2.24, 2.45) is 0 Å². The molecule has 0 aliphatic rings. The first-order valence-corrected chi connectivity index (χ1v) is 8.04. The van der Waals surface area contributed by atoms with E-state index < -0.39 is 58.5 Å². The maximum absolute atomic E-state index is 13.1. The fourth-order valence-electron chi connectivity index (χ4n) is 2.00. The Morgan fingerprint density at radius 2 is 1.76 bits per heavy atom. The molecule has 0 atom stereocenters. The van der Waals surface area contributed by atoms with Gasteiger partial charge in [-0.3, -0.25) is 10.1 Å². The van der Waals surface area contributed by atoms with Crippen LogP contribution in [0, 0.1) is 10.1 Å². The van der Waals surface area contributed by atoms with E-state index in [1.54, 1.807) is 0 Å². The number of halogens is 4. The number of sulfone groups is 1. The first-order valence-electron chi connectivity index (χ1n) is 6.18. The molecule has 0 saturated carbocycles. The second-order valence-corrected chi connectivity index (χ2v) is 6.98. The van der Waals surface area contributed by atoms with Crippen LogP contribution in [-0.2, 0) is 16.0 Å². The standard InChI is InChI=1S/C13H7ClF3NO6S/c14-8-3-1-2-7(13(15,16)17)12(8)25(23,24)6-4-9(18(21)22)11(20)10(19)5-6/h1-5,19-20H. The van der Waals surface area contributed by atoms with Crippen LogP contribution in [0.2, 0.25) is 5.02 Å². The minimum atomic E-state index is -5.07. The molecule has 2 rings (SSSR count). The van der Waals surface area contributed by atoms with Gasteiger partial charge in [0.25, 0.3) is 0 Å². The first kappa shape index (κ1) is 18.8. The quantitative estimate of drug-likeness (QED) is 0.465. The summed E-state index contributed by atoms with van der Waals surface area (Å²) in [5, 5.41) is 28.9. The summed E-state index contributed by atoms with van der Waals surface area (Å²) in [6.45, 7) is 0. The second kappa shape index (κ2) is 6.08. The van der Waals surface area contributed by atoms with Crippen molar-refractivity contribution in [3.05, 3.63) is 51.0 Å². The summed E-state index contributed by atoms with van der Waals surface area (Å²) in [5.74, 6) is -2.41. The second-order valence-electron chi connectivity index (χ2n) is 4.68. The molecule has 0 spiro atoms. The lowest BCUT2D eigenvalue weighted by Crippen LogP contribution is -2.14. The van der Waals surface area contributed by atoms with Gasteiger partial charge in [0, 0.05) is 12.1 Å². The molecule has 0 radical (unpaired) electrons. The Balaban J connectivity index is 2.85. The number of nitrogens with zero attached hydrogens (tertiary/aromatic N) is 1. The van der Waals surface area contributed by atoms with Gasteiger partial charge in [-0.15, -0.1) is 0 Å². The predicted octanol–water partition coefficient (Wildman–Crippen LogP) is 3.51. The highest BCUT2D eigenvalue weighted by Gasteiger charge is 2.39. The summed E-state index contributed by atoms with van der Waals surface area (Å²) in [7, 11) is -5.01. The van der Waals surface area contributed by atoms with E-state index in [1.807, 2.05) is 0 Å². The highest BCUT2D eigenvalue weighted by Crippen LogP contribution is 2.43. The molecule has 0 aromatic heterocycles. The van der Waals surface area contributed by atoms with E-state index in [9.17, 15) is 41.9 Å². The molecule has 134 valence electrons. The van der Waals surface area contributed by atoms with Crippen molar-refractivity contribution in [2.75, 3.05) is 0 Å². The molecular weight excluding hydrogens is 391 g/mol. The fourth-order valence-corrected chi connectivity index (χ4v) is 4.04. The number of phenolic OH excluding ortho intramolecular Hbond substituents is 2. The van der Waals surface area contributed by atoms with Crippen molar-refractivity contribution < 1.29 is 36.7 Å². The van der Waals surface area contributed by atoms with Crippen molar-refractivity contribution in [1.82, 2.24) is 0 Å². The molecule has 0 heterocycles. The average Bonchev–Trinajstić information content (AvgIpc) is 2.47. The molecule has 0 aliphatic heterocycles. The van der Waals surface area contributed by atoms with E-state index in [-0.39, 0.29) is 0 Å². The highest BCUT2D eigenvalue weighted by atomic mass is 35.5. The molecular formula is C13H7ClF3NO6S. The van der Waals surface area contributed by atoms with Gasteiger partial charge in [-0.25, -0.2) is 8.42 Å². The van der Waals surface area contributed by atoms with Gasteiger partial charge in [0.2, 0.25) is 15.6 Å². The van der Waals surface area contributed by atoms with E-state index in [0.29, 0.717) is 18.2 Å². The van der Waals surface area contributed by atoms with Crippen molar-refractivity contribution in [3.8, 4) is 11.5 Å². The summed E-state index contributed by atoms with van der Waals surface area (Å²) < 4.78 is 64.4.